The van der Waals surface area contributed by atoms with Gasteiger partial charge in [-0.3, -0.25) is 0 Å². The predicted molar refractivity (Wildman–Crippen MR) is 109 cm³/mol. The summed E-state index contributed by atoms with van der Waals surface area (Å²) in [6.07, 6.45) is 4.64. The molecule has 2 aromatic carbocycles. The highest BCUT2D eigenvalue weighted by atomic mass is 32.1. The van der Waals surface area contributed by atoms with Gasteiger partial charge < -0.3 is 0 Å². The average molecular weight is 343 g/mol. The Hall–Kier alpha value is -0.993. The molecule has 2 rings (SSSR count). The molecule has 2 heteroatoms. The van der Waals surface area contributed by atoms with E-state index in [4.69, 9.17) is 12.6 Å². The van der Waals surface area contributed by atoms with E-state index >= 15 is 0 Å². The fraction of sp³-hybridized carbons (Fsp3) is 0.429. The van der Waals surface area contributed by atoms with Crippen LogP contribution in [0.25, 0.3) is 0 Å². The van der Waals surface area contributed by atoms with E-state index in [1.165, 1.54) is 40.5 Å². The van der Waals surface area contributed by atoms with Crippen molar-refractivity contribution >= 4 is 25.9 Å². The summed E-state index contributed by atoms with van der Waals surface area (Å²) >= 11 is 4.82. The topological polar surface area (TPSA) is 0 Å². The summed E-state index contributed by atoms with van der Waals surface area (Å²) < 4.78 is 0. The molecule has 0 bridgehead atoms. The quantitative estimate of drug-likeness (QED) is 0.493. The summed E-state index contributed by atoms with van der Waals surface area (Å²) in [6, 6.07) is 17.1. The fourth-order valence-electron chi connectivity index (χ4n) is 3.36. The first-order valence-electron chi connectivity index (χ1n) is 8.87. The summed E-state index contributed by atoms with van der Waals surface area (Å²) in [7, 11) is -1.45. The minimum atomic E-state index is -1.45. The zero-order valence-corrected chi connectivity index (χ0v) is 16.9. The monoisotopic (exact) mass is 342 g/mol. The largest absolute Gasteiger partial charge is 0.143 e. The number of aryl methyl sites for hydroxylation is 2. The Morgan fingerprint density at radius 1 is 0.870 bits per heavy atom. The van der Waals surface area contributed by atoms with Gasteiger partial charge in [0.25, 0.3) is 0 Å². The van der Waals surface area contributed by atoms with E-state index in [0.717, 1.165) is 12.8 Å². The SMILES string of the molecule is CCCc1cc(C[Si](C)(C)c2ccccc2)cc(CCC)c1S. The molecule has 0 spiro atoms. The third-order valence-electron chi connectivity index (χ3n) is 4.57. The third-order valence-corrected chi connectivity index (χ3v) is 8.33. The Bertz CT molecular complexity index is 605. The van der Waals surface area contributed by atoms with E-state index in [1.807, 2.05) is 0 Å². The second-order valence-electron chi connectivity index (χ2n) is 7.19. The summed E-state index contributed by atoms with van der Waals surface area (Å²) in [5.74, 6) is 0. The highest BCUT2D eigenvalue weighted by Gasteiger charge is 2.24. The van der Waals surface area contributed by atoms with Gasteiger partial charge >= 0.3 is 0 Å². The van der Waals surface area contributed by atoms with Crippen LogP contribution in [0.5, 0.6) is 0 Å². The van der Waals surface area contributed by atoms with Crippen LogP contribution in [0.3, 0.4) is 0 Å². The maximum absolute atomic E-state index is 4.82. The third kappa shape index (κ3) is 4.74. The predicted octanol–water partition coefficient (Wildman–Crippen LogP) is 5.58. The molecule has 0 saturated carbocycles. The van der Waals surface area contributed by atoms with Crippen LogP contribution >= 0.6 is 12.6 Å². The van der Waals surface area contributed by atoms with Gasteiger partial charge in [0.1, 0.15) is 0 Å². The van der Waals surface area contributed by atoms with Crippen molar-refractivity contribution in [1.29, 1.82) is 0 Å². The minimum absolute atomic E-state index is 1.14. The van der Waals surface area contributed by atoms with Crippen molar-refractivity contribution in [2.24, 2.45) is 0 Å². The molecule has 0 radical (unpaired) electrons. The molecule has 0 unspecified atom stereocenters. The fourth-order valence-corrected chi connectivity index (χ4v) is 6.23. The second kappa shape index (κ2) is 8.21. The zero-order valence-electron chi connectivity index (χ0n) is 15.0. The van der Waals surface area contributed by atoms with Gasteiger partial charge in [-0.2, -0.15) is 0 Å². The molecular weight excluding hydrogens is 312 g/mol. The Labute approximate surface area is 148 Å². The summed E-state index contributed by atoms with van der Waals surface area (Å²) in [6.45, 7) is 9.47. The van der Waals surface area contributed by atoms with Crippen LogP contribution in [0.4, 0.5) is 0 Å². The van der Waals surface area contributed by atoms with Crippen LogP contribution in [-0.2, 0) is 18.9 Å². The van der Waals surface area contributed by atoms with Crippen LogP contribution in [0.2, 0.25) is 13.1 Å². The van der Waals surface area contributed by atoms with E-state index < -0.39 is 8.07 Å². The molecule has 0 amide bonds. The van der Waals surface area contributed by atoms with Gasteiger partial charge in [0, 0.05) is 4.90 Å². The van der Waals surface area contributed by atoms with Gasteiger partial charge in [-0.25, -0.2) is 0 Å². The lowest BCUT2D eigenvalue weighted by Crippen LogP contribution is -2.43. The first kappa shape index (κ1) is 18.3. The minimum Gasteiger partial charge on any atom is -0.143 e. The number of hydrogen-bond donors (Lipinski definition) is 1. The Balaban J connectivity index is 2.35. The average Bonchev–Trinajstić information content (AvgIpc) is 2.53. The highest BCUT2D eigenvalue weighted by molar-refractivity contribution is 7.80. The van der Waals surface area contributed by atoms with Crippen molar-refractivity contribution < 1.29 is 0 Å². The van der Waals surface area contributed by atoms with E-state index in [2.05, 4.69) is 69.4 Å². The van der Waals surface area contributed by atoms with Gasteiger partial charge in [0.05, 0.1) is 8.07 Å². The highest BCUT2D eigenvalue weighted by Crippen LogP contribution is 2.26. The lowest BCUT2D eigenvalue weighted by Gasteiger charge is -2.24. The molecule has 0 atom stereocenters. The summed E-state index contributed by atoms with van der Waals surface area (Å²) in [5, 5.41) is 1.55. The molecule has 23 heavy (non-hydrogen) atoms. The molecule has 0 nitrogen and oxygen atoms in total. The molecule has 0 aliphatic heterocycles. The number of hydrogen-bond acceptors (Lipinski definition) is 1. The van der Waals surface area contributed by atoms with Crippen molar-refractivity contribution in [2.45, 2.75) is 63.6 Å². The maximum Gasteiger partial charge on any atom is 0.0849 e. The van der Waals surface area contributed by atoms with Crippen molar-refractivity contribution in [1.82, 2.24) is 0 Å². The molecule has 0 aliphatic rings. The van der Waals surface area contributed by atoms with E-state index in [1.54, 1.807) is 5.19 Å². The Kier molecular flexibility index (Phi) is 6.55. The second-order valence-corrected chi connectivity index (χ2v) is 12.3. The lowest BCUT2D eigenvalue weighted by molar-refractivity contribution is 0.856. The van der Waals surface area contributed by atoms with Crippen LogP contribution < -0.4 is 5.19 Å². The number of rotatable bonds is 7. The molecule has 2 aromatic rings. The van der Waals surface area contributed by atoms with Crippen LogP contribution in [0.15, 0.2) is 47.4 Å². The van der Waals surface area contributed by atoms with E-state index in [-0.39, 0.29) is 0 Å². The van der Waals surface area contributed by atoms with Crippen LogP contribution in [0, 0.1) is 0 Å². The first-order valence-corrected chi connectivity index (χ1v) is 12.5. The number of benzene rings is 2. The Morgan fingerprint density at radius 2 is 1.39 bits per heavy atom. The maximum atomic E-state index is 4.82. The van der Waals surface area contributed by atoms with Gasteiger partial charge in [-0.05, 0) is 35.6 Å². The van der Waals surface area contributed by atoms with Crippen LogP contribution in [0.1, 0.15) is 43.4 Å². The van der Waals surface area contributed by atoms with E-state index in [0.29, 0.717) is 0 Å². The molecule has 124 valence electrons. The Morgan fingerprint density at radius 3 is 1.87 bits per heavy atom. The molecule has 0 aromatic heterocycles. The molecule has 0 fully saturated rings. The molecule has 0 heterocycles. The van der Waals surface area contributed by atoms with Crippen molar-refractivity contribution in [3.05, 3.63) is 59.2 Å². The van der Waals surface area contributed by atoms with Crippen molar-refractivity contribution in [3.8, 4) is 0 Å². The molecule has 0 aliphatic carbocycles. The summed E-state index contributed by atoms with van der Waals surface area (Å²) in [5.41, 5.74) is 4.39. The first-order chi connectivity index (χ1) is 11.0. The summed E-state index contributed by atoms with van der Waals surface area (Å²) in [4.78, 5) is 1.23. The lowest BCUT2D eigenvalue weighted by atomic mass is 10.0. The molecule has 0 N–H and O–H groups in total. The van der Waals surface area contributed by atoms with Crippen molar-refractivity contribution in [2.75, 3.05) is 0 Å². The van der Waals surface area contributed by atoms with Gasteiger partial charge in [-0.1, -0.05) is 87.4 Å². The molecule has 0 saturated heterocycles. The van der Waals surface area contributed by atoms with Crippen molar-refractivity contribution in [3.63, 3.8) is 0 Å². The van der Waals surface area contributed by atoms with E-state index in [9.17, 15) is 0 Å². The molecular formula is C21H30SSi. The van der Waals surface area contributed by atoms with Crippen LogP contribution in [-0.4, -0.2) is 8.07 Å². The zero-order chi connectivity index (χ0) is 16.9. The number of thiol groups is 1. The standard InChI is InChI=1S/C21H30SSi/c1-5-10-18-14-17(15-19(11-6-2)21(18)22)16-23(3,4)20-12-8-7-9-13-20/h7-9,12-15,22H,5-6,10-11,16H2,1-4H3. The smallest absolute Gasteiger partial charge is 0.0849 e. The van der Waals surface area contributed by atoms with Gasteiger partial charge in [0.2, 0.25) is 0 Å². The normalized spacial score (nSPS) is 11.7. The van der Waals surface area contributed by atoms with Gasteiger partial charge in [0.15, 0.2) is 0 Å². The van der Waals surface area contributed by atoms with Gasteiger partial charge in [-0.15, -0.1) is 12.6 Å².